The van der Waals surface area contributed by atoms with Crippen LogP contribution in [0.4, 0.5) is 0 Å². The van der Waals surface area contributed by atoms with Crippen molar-refractivity contribution in [3.8, 4) is 5.75 Å². The van der Waals surface area contributed by atoms with Gasteiger partial charge in [-0.1, -0.05) is 26.2 Å². The standard InChI is InChI=1S/C13H19O3S/c1-3-4-5-6-11-16-12-7-9-13(10-8-12)17(2,14)15/h7,9-10H,3-6,11H2,1-2H3. The zero-order valence-electron chi connectivity index (χ0n) is 10.4. The summed E-state index contributed by atoms with van der Waals surface area (Å²) in [5.41, 5.74) is 0. The molecule has 0 aliphatic heterocycles. The molecule has 0 N–H and O–H groups in total. The molecule has 0 aliphatic carbocycles. The first kappa shape index (κ1) is 14.0. The third-order valence-corrected chi connectivity index (χ3v) is 3.55. The van der Waals surface area contributed by atoms with Crippen LogP contribution in [-0.4, -0.2) is 21.3 Å². The Bertz CT molecular complexity index is 420. The Hall–Kier alpha value is -1.03. The highest BCUT2D eigenvalue weighted by molar-refractivity contribution is 7.90. The van der Waals surface area contributed by atoms with Crippen LogP contribution in [0.25, 0.3) is 0 Å². The second-order valence-corrected chi connectivity index (χ2v) is 6.09. The van der Waals surface area contributed by atoms with Crippen molar-refractivity contribution in [3.05, 3.63) is 24.3 Å². The van der Waals surface area contributed by atoms with E-state index in [4.69, 9.17) is 4.74 Å². The van der Waals surface area contributed by atoms with E-state index in [0.29, 0.717) is 12.4 Å². The molecule has 1 radical (unpaired) electrons. The van der Waals surface area contributed by atoms with Crippen molar-refractivity contribution in [2.75, 3.05) is 12.9 Å². The molecule has 0 aromatic heterocycles. The molecule has 0 bridgehead atoms. The molecule has 0 saturated heterocycles. The van der Waals surface area contributed by atoms with Gasteiger partial charge in [0.05, 0.1) is 11.5 Å². The summed E-state index contributed by atoms with van der Waals surface area (Å²) in [6.07, 6.45) is 5.80. The first-order valence-electron chi connectivity index (χ1n) is 5.88. The second kappa shape index (κ2) is 6.64. The van der Waals surface area contributed by atoms with Crippen LogP contribution in [-0.2, 0) is 9.84 Å². The average Bonchev–Trinajstić information content (AvgIpc) is 2.28. The van der Waals surface area contributed by atoms with Crippen LogP contribution in [0.3, 0.4) is 0 Å². The Morgan fingerprint density at radius 1 is 1.24 bits per heavy atom. The third kappa shape index (κ3) is 5.22. The van der Waals surface area contributed by atoms with Crippen molar-refractivity contribution >= 4 is 9.84 Å². The lowest BCUT2D eigenvalue weighted by Crippen LogP contribution is -1.99. The predicted molar refractivity (Wildman–Crippen MR) is 68.0 cm³/mol. The van der Waals surface area contributed by atoms with Gasteiger partial charge in [-0.3, -0.25) is 0 Å². The fraction of sp³-hybridized carbons (Fsp3) is 0.538. The van der Waals surface area contributed by atoms with Gasteiger partial charge in [-0.2, -0.15) is 0 Å². The van der Waals surface area contributed by atoms with E-state index in [0.717, 1.165) is 12.8 Å². The van der Waals surface area contributed by atoms with E-state index in [-0.39, 0.29) is 4.90 Å². The molecule has 1 aromatic rings. The third-order valence-electron chi connectivity index (χ3n) is 2.44. The monoisotopic (exact) mass is 255 g/mol. The van der Waals surface area contributed by atoms with E-state index in [9.17, 15) is 8.42 Å². The summed E-state index contributed by atoms with van der Waals surface area (Å²) in [6.45, 7) is 2.83. The Balaban J connectivity index is 2.41. The van der Waals surface area contributed by atoms with Gasteiger partial charge in [0.25, 0.3) is 0 Å². The average molecular weight is 255 g/mol. The van der Waals surface area contributed by atoms with Gasteiger partial charge in [-0.05, 0) is 24.6 Å². The van der Waals surface area contributed by atoms with Gasteiger partial charge < -0.3 is 4.74 Å². The zero-order chi connectivity index (χ0) is 12.7. The minimum Gasteiger partial charge on any atom is -0.493 e. The minimum atomic E-state index is -3.14. The molecular formula is C13H19O3S. The van der Waals surface area contributed by atoms with Crippen LogP contribution < -0.4 is 4.74 Å². The number of hydrogen-bond donors (Lipinski definition) is 0. The highest BCUT2D eigenvalue weighted by Crippen LogP contribution is 2.15. The quantitative estimate of drug-likeness (QED) is 0.704. The Morgan fingerprint density at radius 2 is 2.00 bits per heavy atom. The summed E-state index contributed by atoms with van der Waals surface area (Å²) in [4.78, 5) is 0.274. The molecule has 1 rings (SSSR count). The zero-order valence-corrected chi connectivity index (χ0v) is 11.2. The number of hydrogen-bond acceptors (Lipinski definition) is 3. The summed E-state index contributed by atoms with van der Waals surface area (Å²) in [5, 5.41) is 0. The number of rotatable bonds is 7. The fourth-order valence-corrected chi connectivity index (χ4v) is 2.02. The molecular weight excluding hydrogens is 236 g/mol. The van der Waals surface area contributed by atoms with E-state index in [2.05, 4.69) is 13.0 Å². The van der Waals surface area contributed by atoms with E-state index in [1.165, 1.54) is 25.2 Å². The number of benzene rings is 1. The molecule has 4 heteroatoms. The summed E-state index contributed by atoms with van der Waals surface area (Å²) in [5.74, 6) is 0.605. The fourth-order valence-electron chi connectivity index (χ4n) is 1.43. The molecule has 0 heterocycles. The first-order chi connectivity index (χ1) is 8.04. The molecule has 0 amide bonds. The van der Waals surface area contributed by atoms with Gasteiger partial charge in [0.15, 0.2) is 9.84 Å². The summed E-state index contributed by atoms with van der Waals surface area (Å²) < 4.78 is 27.9. The van der Waals surface area contributed by atoms with Gasteiger partial charge in [0.1, 0.15) is 5.75 Å². The van der Waals surface area contributed by atoms with Gasteiger partial charge >= 0.3 is 0 Å². The molecule has 0 atom stereocenters. The van der Waals surface area contributed by atoms with Gasteiger partial charge in [0, 0.05) is 12.3 Å². The highest BCUT2D eigenvalue weighted by Gasteiger charge is 2.06. The largest absolute Gasteiger partial charge is 0.493 e. The minimum absolute atomic E-state index is 0.274. The van der Waals surface area contributed by atoms with Crippen LogP contribution >= 0.6 is 0 Å². The van der Waals surface area contributed by atoms with Crippen molar-refractivity contribution in [1.82, 2.24) is 0 Å². The Labute approximate surface area is 104 Å². The molecule has 1 aromatic carbocycles. The van der Waals surface area contributed by atoms with Crippen LogP contribution in [0, 0.1) is 6.07 Å². The molecule has 0 spiro atoms. The Kier molecular flexibility index (Phi) is 5.48. The SMILES string of the molecule is CCCCCCOc1[c]cc(S(C)(=O)=O)cc1. The van der Waals surface area contributed by atoms with Gasteiger partial charge in [-0.25, -0.2) is 8.42 Å². The van der Waals surface area contributed by atoms with Crippen molar-refractivity contribution in [2.24, 2.45) is 0 Å². The molecule has 0 unspecified atom stereocenters. The molecule has 0 saturated carbocycles. The van der Waals surface area contributed by atoms with Crippen LogP contribution in [0.5, 0.6) is 5.75 Å². The van der Waals surface area contributed by atoms with E-state index < -0.39 is 9.84 Å². The normalized spacial score (nSPS) is 11.4. The molecule has 0 aliphatic rings. The molecule has 95 valence electrons. The lowest BCUT2D eigenvalue weighted by Gasteiger charge is -2.06. The van der Waals surface area contributed by atoms with Gasteiger partial charge in [-0.15, -0.1) is 0 Å². The molecule has 0 fully saturated rings. The van der Waals surface area contributed by atoms with Crippen LogP contribution in [0.1, 0.15) is 32.6 Å². The van der Waals surface area contributed by atoms with Crippen molar-refractivity contribution < 1.29 is 13.2 Å². The van der Waals surface area contributed by atoms with Crippen LogP contribution in [0.2, 0.25) is 0 Å². The van der Waals surface area contributed by atoms with E-state index in [1.807, 2.05) is 0 Å². The van der Waals surface area contributed by atoms with E-state index in [1.54, 1.807) is 12.1 Å². The maximum atomic E-state index is 11.2. The molecule has 17 heavy (non-hydrogen) atoms. The lowest BCUT2D eigenvalue weighted by molar-refractivity contribution is 0.304. The smallest absolute Gasteiger partial charge is 0.175 e. The van der Waals surface area contributed by atoms with Crippen molar-refractivity contribution in [3.63, 3.8) is 0 Å². The summed E-state index contributed by atoms with van der Waals surface area (Å²) in [7, 11) is -3.14. The second-order valence-electron chi connectivity index (χ2n) is 4.07. The van der Waals surface area contributed by atoms with Crippen LogP contribution in [0.15, 0.2) is 23.1 Å². The van der Waals surface area contributed by atoms with Crippen molar-refractivity contribution in [2.45, 2.75) is 37.5 Å². The molecule has 3 nitrogen and oxygen atoms in total. The first-order valence-corrected chi connectivity index (χ1v) is 7.78. The van der Waals surface area contributed by atoms with Gasteiger partial charge in [0.2, 0.25) is 0 Å². The maximum Gasteiger partial charge on any atom is 0.175 e. The van der Waals surface area contributed by atoms with E-state index >= 15 is 0 Å². The maximum absolute atomic E-state index is 11.2. The Morgan fingerprint density at radius 3 is 2.53 bits per heavy atom. The lowest BCUT2D eigenvalue weighted by atomic mass is 10.2. The topological polar surface area (TPSA) is 43.4 Å². The van der Waals surface area contributed by atoms with Crippen molar-refractivity contribution in [1.29, 1.82) is 0 Å². The highest BCUT2D eigenvalue weighted by atomic mass is 32.2. The summed E-state index contributed by atoms with van der Waals surface area (Å²) >= 11 is 0. The predicted octanol–water partition coefficient (Wildman–Crippen LogP) is 2.85. The number of sulfone groups is 1. The number of unbranched alkanes of at least 4 members (excludes halogenated alkanes) is 3. The summed E-state index contributed by atoms with van der Waals surface area (Å²) in [6, 6.07) is 7.49. The number of ether oxygens (including phenoxy) is 1.